The van der Waals surface area contributed by atoms with Gasteiger partial charge in [-0.2, -0.15) is 13.2 Å². The summed E-state index contributed by atoms with van der Waals surface area (Å²) < 4.78 is 76.2. The van der Waals surface area contributed by atoms with E-state index in [2.05, 4.69) is 4.74 Å². The van der Waals surface area contributed by atoms with Crippen molar-refractivity contribution in [1.82, 2.24) is 0 Å². The van der Waals surface area contributed by atoms with Crippen LogP contribution in [-0.2, 0) is 12.7 Å². The lowest BCUT2D eigenvalue weighted by atomic mass is 10.1. The van der Waals surface area contributed by atoms with E-state index in [1.165, 1.54) is 0 Å². The van der Waals surface area contributed by atoms with Gasteiger partial charge in [0.2, 0.25) is 0 Å². The molecule has 17 heavy (non-hydrogen) atoms. The van der Waals surface area contributed by atoms with Crippen molar-refractivity contribution in [3.8, 4) is 5.75 Å². The van der Waals surface area contributed by atoms with Gasteiger partial charge in [0.25, 0.3) is 0 Å². The van der Waals surface area contributed by atoms with Crippen molar-refractivity contribution in [3.63, 3.8) is 0 Å². The average Bonchev–Trinajstić information content (AvgIpc) is 2.13. The van der Waals surface area contributed by atoms with E-state index >= 15 is 0 Å². The molecule has 1 aromatic carbocycles. The molecule has 2 nitrogen and oxygen atoms in total. The molecule has 0 heterocycles. The Bertz CT molecular complexity index is 397. The van der Waals surface area contributed by atoms with Crippen LogP contribution in [0.5, 0.6) is 5.75 Å². The van der Waals surface area contributed by atoms with Crippen LogP contribution < -0.4 is 10.5 Å². The molecule has 1 rings (SSSR count). The molecule has 0 radical (unpaired) electrons. The van der Waals surface area contributed by atoms with Gasteiger partial charge in [-0.1, -0.05) is 0 Å². The lowest BCUT2D eigenvalue weighted by Gasteiger charge is -2.14. The summed E-state index contributed by atoms with van der Waals surface area (Å²) in [4.78, 5) is 0. The molecule has 0 aromatic heterocycles. The Morgan fingerprint density at radius 1 is 1.06 bits per heavy atom. The second-order valence-electron chi connectivity index (χ2n) is 3.07. The quantitative estimate of drug-likeness (QED) is 0.828. The first-order valence-corrected chi connectivity index (χ1v) is 4.29. The normalized spacial score (nSPS) is 12.6. The molecule has 0 bridgehead atoms. The van der Waals surface area contributed by atoms with Crippen molar-refractivity contribution < 1.29 is 31.1 Å². The molecule has 0 saturated heterocycles. The smallest absolute Gasteiger partial charge is 0.406 e. The van der Waals surface area contributed by atoms with Crippen molar-refractivity contribution in [2.45, 2.75) is 19.1 Å². The molecule has 0 aliphatic carbocycles. The molecular weight excluding hydrogens is 252 g/mol. The minimum Gasteiger partial charge on any atom is -0.406 e. The van der Waals surface area contributed by atoms with Crippen LogP contribution in [0.3, 0.4) is 0 Å². The van der Waals surface area contributed by atoms with Crippen LogP contribution in [0, 0.1) is 0 Å². The van der Waals surface area contributed by atoms with E-state index in [4.69, 9.17) is 5.73 Å². The first-order valence-electron chi connectivity index (χ1n) is 4.29. The molecule has 0 amide bonds. The fraction of sp³-hybridized carbons (Fsp3) is 0.333. The zero-order valence-electron chi connectivity index (χ0n) is 8.19. The van der Waals surface area contributed by atoms with Gasteiger partial charge in [0.15, 0.2) is 0 Å². The summed E-state index contributed by atoms with van der Waals surface area (Å²) in [5.41, 5.74) is 3.51. The molecule has 0 unspecified atom stereocenters. The van der Waals surface area contributed by atoms with Crippen LogP contribution in [0.2, 0.25) is 0 Å². The second kappa shape index (κ2) is 4.44. The van der Waals surface area contributed by atoms with Gasteiger partial charge in [0.1, 0.15) is 5.75 Å². The molecule has 0 spiro atoms. The van der Waals surface area contributed by atoms with Gasteiger partial charge in [0, 0.05) is 6.54 Å². The monoisotopic (exact) mass is 259 g/mol. The number of rotatable bonds is 2. The molecule has 0 saturated carbocycles. The number of nitrogens with two attached hydrogens (primary N) is 1. The number of hydrogen-bond acceptors (Lipinski definition) is 2. The highest BCUT2D eigenvalue weighted by Gasteiger charge is 2.35. The molecule has 0 aliphatic rings. The molecule has 96 valence electrons. The van der Waals surface area contributed by atoms with Crippen molar-refractivity contribution in [2.75, 3.05) is 0 Å². The fourth-order valence-corrected chi connectivity index (χ4v) is 1.21. The van der Waals surface area contributed by atoms with Crippen LogP contribution in [0.25, 0.3) is 0 Å². The predicted molar refractivity (Wildman–Crippen MR) is 46.0 cm³/mol. The Morgan fingerprint density at radius 2 is 1.65 bits per heavy atom. The summed E-state index contributed by atoms with van der Waals surface area (Å²) >= 11 is 0. The van der Waals surface area contributed by atoms with Crippen LogP contribution in [-0.4, -0.2) is 6.36 Å². The lowest BCUT2D eigenvalue weighted by Crippen LogP contribution is -2.18. The molecule has 1 aromatic rings. The van der Waals surface area contributed by atoms with Crippen molar-refractivity contribution in [2.24, 2.45) is 5.73 Å². The highest BCUT2D eigenvalue weighted by atomic mass is 19.4. The van der Waals surface area contributed by atoms with Gasteiger partial charge >= 0.3 is 12.5 Å². The molecular formula is C9H7F6NO. The number of hydrogen-bond donors (Lipinski definition) is 1. The summed E-state index contributed by atoms with van der Waals surface area (Å²) in [5.74, 6) is -0.731. The first-order chi connectivity index (χ1) is 7.63. The van der Waals surface area contributed by atoms with Crippen molar-refractivity contribution in [1.29, 1.82) is 0 Å². The third-order valence-electron chi connectivity index (χ3n) is 1.84. The van der Waals surface area contributed by atoms with E-state index in [0.29, 0.717) is 18.2 Å². The Labute approximate surface area is 92.0 Å². The number of halogens is 6. The Balaban J connectivity index is 3.09. The van der Waals surface area contributed by atoms with E-state index in [9.17, 15) is 26.3 Å². The van der Waals surface area contributed by atoms with Crippen molar-refractivity contribution >= 4 is 0 Å². The molecule has 0 fully saturated rings. The summed E-state index contributed by atoms with van der Waals surface area (Å²) in [7, 11) is 0. The van der Waals surface area contributed by atoms with Crippen LogP contribution >= 0.6 is 0 Å². The third-order valence-corrected chi connectivity index (χ3v) is 1.84. The predicted octanol–water partition coefficient (Wildman–Crippen LogP) is 3.06. The maximum atomic E-state index is 12.4. The van der Waals surface area contributed by atoms with E-state index in [1.54, 1.807) is 0 Å². The minimum absolute atomic E-state index is 0.459. The lowest BCUT2D eigenvalue weighted by molar-refractivity contribution is -0.274. The number of alkyl halides is 6. The Kier molecular flexibility index (Phi) is 3.56. The zero-order chi connectivity index (χ0) is 13.3. The standard InChI is InChI=1S/C9H7F6NO/c10-8(11,12)7-2-1-6(3-5(7)4-16)17-9(13,14)15/h1-3H,4,16H2. The first kappa shape index (κ1) is 13.6. The zero-order valence-corrected chi connectivity index (χ0v) is 8.19. The van der Waals surface area contributed by atoms with Gasteiger partial charge in [-0.25, -0.2) is 0 Å². The van der Waals surface area contributed by atoms with E-state index in [1.807, 2.05) is 0 Å². The van der Waals surface area contributed by atoms with E-state index in [0.717, 1.165) is 0 Å². The fourth-order valence-electron chi connectivity index (χ4n) is 1.21. The Morgan fingerprint density at radius 3 is 2.06 bits per heavy atom. The summed E-state index contributed by atoms with van der Waals surface area (Å²) in [6.07, 6.45) is -9.61. The van der Waals surface area contributed by atoms with E-state index in [-0.39, 0.29) is 0 Å². The summed E-state index contributed by atoms with van der Waals surface area (Å²) in [6.45, 7) is -0.538. The average molecular weight is 259 g/mol. The topological polar surface area (TPSA) is 35.2 Å². The van der Waals surface area contributed by atoms with E-state index < -0.39 is 36.0 Å². The third kappa shape index (κ3) is 3.81. The highest BCUT2D eigenvalue weighted by molar-refractivity contribution is 5.37. The maximum Gasteiger partial charge on any atom is 0.573 e. The SMILES string of the molecule is NCc1cc(OC(F)(F)F)ccc1C(F)(F)F. The molecule has 0 atom stereocenters. The highest BCUT2D eigenvalue weighted by Crippen LogP contribution is 2.34. The van der Waals surface area contributed by atoms with Crippen LogP contribution in [0.15, 0.2) is 18.2 Å². The Hall–Kier alpha value is -1.44. The molecule has 0 aliphatic heterocycles. The van der Waals surface area contributed by atoms with Gasteiger partial charge in [-0.3, -0.25) is 0 Å². The molecule has 2 N–H and O–H groups in total. The van der Waals surface area contributed by atoms with Crippen LogP contribution in [0.1, 0.15) is 11.1 Å². The summed E-state index contributed by atoms with van der Waals surface area (Å²) in [5, 5.41) is 0. The van der Waals surface area contributed by atoms with Crippen molar-refractivity contribution in [3.05, 3.63) is 29.3 Å². The van der Waals surface area contributed by atoms with Gasteiger partial charge < -0.3 is 10.5 Å². The number of benzene rings is 1. The minimum atomic E-state index is -4.95. The van der Waals surface area contributed by atoms with Gasteiger partial charge in [0.05, 0.1) is 5.56 Å². The largest absolute Gasteiger partial charge is 0.573 e. The number of ether oxygens (including phenoxy) is 1. The summed E-state index contributed by atoms with van der Waals surface area (Å²) in [6, 6.07) is 1.72. The molecule has 8 heteroatoms. The van der Waals surface area contributed by atoms with Gasteiger partial charge in [-0.15, -0.1) is 13.2 Å². The maximum absolute atomic E-state index is 12.4. The second-order valence-corrected chi connectivity index (χ2v) is 3.07. The van der Waals surface area contributed by atoms with Crippen LogP contribution in [0.4, 0.5) is 26.3 Å². The van der Waals surface area contributed by atoms with Gasteiger partial charge in [-0.05, 0) is 23.8 Å².